The molecule has 0 aliphatic carbocycles. The number of aryl methyl sites for hydroxylation is 1. The summed E-state index contributed by atoms with van der Waals surface area (Å²) in [6.07, 6.45) is 4.08. The van der Waals surface area contributed by atoms with Gasteiger partial charge in [-0.15, -0.1) is 10.2 Å². The average molecular weight is 410 g/mol. The Bertz CT molecular complexity index is 1130. The van der Waals surface area contributed by atoms with Gasteiger partial charge in [-0.25, -0.2) is 14.4 Å². The molecular weight excluding hydrogens is 391 g/mol. The molecule has 0 bridgehead atoms. The van der Waals surface area contributed by atoms with Gasteiger partial charge in [0.25, 0.3) is 0 Å². The number of fused-ring (bicyclic) bond motifs is 1. The lowest BCUT2D eigenvalue weighted by atomic mass is 10.2. The first-order valence-electron chi connectivity index (χ1n) is 9.37. The van der Waals surface area contributed by atoms with Crippen LogP contribution in [-0.2, 0) is 13.5 Å². The van der Waals surface area contributed by atoms with E-state index in [-0.39, 0.29) is 5.82 Å². The first-order valence-corrected chi connectivity index (χ1v) is 10.2. The van der Waals surface area contributed by atoms with E-state index in [1.54, 1.807) is 34.5 Å². The lowest BCUT2D eigenvalue weighted by Crippen LogP contribution is -2.46. The van der Waals surface area contributed by atoms with Gasteiger partial charge in [0.05, 0.1) is 11.6 Å². The summed E-state index contributed by atoms with van der Waals surface area (Å²) in [6.45, 7) is 3.37. The van der Waals surface area contributed by atoms with Gasteiger partial charge in [-0.1, -0.05) is 23.5 Å². The molecule has 0 radical (unpaired) electrons. The Labute approximate surface area is 170 Å². The molecule has 0 amide bonds. The lowest BCUT2D eigenvalue weighted by molar-refractivity contribution is 0.627. The number of piperazine rings is 1. The van der Waals surface area contributed by atoms with Gasteiger partial charge in [-0.2, -0.15) is 5.10 Å². The number of halogens is 1. The van der Waals surface area contributed by atoms with Crippen LogP contribution in [-0.4, -0.2) is 56.1 Å². The van der Waals surface area contributed by atoms with Crippen molar-refractivity contribution < 1.29 is 4.39 Å². The predicted octanol–water partition coefficient (Wildman–Crippen LogP) is 2.27. The van der Waals surface area contributed by atoms with Crippen LogP contribution in [0.5, 0.6) is 0 Å². The summed E-state index contributed by atoms with van der Waals surface area (Å²) in [5.74, 6) is 0.703. The lowest BCUT2D eigenvalue weighted by Gasteiger charge is -2.35. The summed E-state index contributed by atoms with van der Waals surface area (Å²) in [6, 6.07) is 6.53. The van der Waals surface area contributed by atoms with E-state index in [4.69, 9.17) is 0 Å². The number of benzene rings is 1. The van der Waals surface area contributed by atoms with Crippen molar-refractivity contribution in [3.05, 3.63) is 53.2 Å². The molecule has 4 aromatic rings. The van der Waals surface area contributed by atoms with Gasteiger partial charge in [-0.3, -0.25) is 4.68 Å². The SMILES string of the molecule is Cn1ncc2c(N3CCN(c4nnc(Cc5ccc(F)cc5)s4)CC3)ncnc21. The van der Waals surface area contributed by atoms with Crippen LogP contribution in [0.4, 0.5) is 15.3 Å². The van der Waals surface area contributed by atoms with E-state index in [1.165, 1.54) is 12.1 Å². The van der Waals surface area contributed by atoms with Gasteiger partial charge in [0.2, 0.25) is 5.13 Å². The Morgan fingerprint density at radius 3 is 2.55 bits per heavy atom. The van der Waals surface area contributed by atoms with Gasteiger partial charge in [0.15, 0.2) is 5.65 Å². The average Bonchev–Trinajstić information content (AvgIpc) is 3.37. The van der Waals surface area contributed by atoms with Crippen molar-refractivity contribution in [2.24, 2.45) is 7.05 Å². The van der Waals surface area contributed by atoms with Crippen LogP contribution in [0.1, 0.15) is 10.6 Å². The highest BCUT2D eigenvalue weighted by atomic mass is 32.1. The first-order chi connectivity index (χ1) is 14.2. The molecule has 3 aromatic heterocycles. The third kappa shape index (κ3) is 3.51. The quantitative estimate of drug-likeness (QED) is 0.511. The second kappa shape index (κ2) is 7.36. The topological polar surface area (TPSA) is 75.9 Å². The van der Waals surface area contributed by atoms with Crippen LogP contribution >= 0.6 is 11.3 Å². The molecular formula is C19H19FN8S. The largest absolute Gasteiger partial charge is 0.352 e. The number of nitrogens with zero attached hydrogens (tertiary/aromatic N) is 8. The summed E-state index contributed by atoms with van der Waals surface area (Å²) in [4.78, 5) is 13.3. The fraction of sp³-hybridized carbons (Fsp3) is 0.316. The van der Waals surface area contributed by atoms with E-state index < -0.39 is 0 Å². The van der Waals surface area contributed by atoms with Crippen LogP contribution in [0.2, 0.25) is 0 Å². The molecule has 8 nitrogen and oxygen atoms in total. The standard InChI is InChI=1S/C19H19FN8S/c1-26-17-15(11-23-26)18(22-12-21-17)27-6-8-28(9-7-27)19-25-24-16(29-19)10-13-2-4-14(20)5-3-13/h2-5,11-12H,6-10H2,1H3. The molecule has 0 atom stereocenters. The van der Waals surface area contributed by atoms with E-state index in [9.17, 15) is 4.39 Å². The Morgan fingerprint density at radius 2 is 1.76 bits per heavy atom. The molecule has 1 fully saturated rings. The molecule has 0 spiro atoms. The second-order valence-electron chi connectivity index (χ2n) is 6.96. The maximum atomic E-state index is 13.1. The first kappa shape index (κ1) is 17.9. The third-order valence-corrected chi connectivity index (χ3v) is 6.07. The van der Waals surface area contributed by atoms with Crippen LogP contribution in [0.25, 0.3) is 11.0 Å². The minimum Gasteiger partial charge on any atom is -0.352 e. The van der Waals surface area contributed by atoms with E-state index in [0.29, 0.717) is 6.42 Å². The van der Waals surface area contributed by atoms with Crippen molar-refractivity contribution in [3.8, 4) is 0 Å². The summed E-state index contributed by atoms with van der Waals surface area (Å²) in [7, 11) is 1.88. The maximum absolute atomic E-state index is 13.1. The van der Waals surface area contributed by atoms with Crippen LogP contribution in [0.15, 0.2) is 36.8 Å². The maximum Gasteiger partial charge on any atom is 0.208 e. The van der Waals surface area contributed by atoms with Crippen molar-refractivity contribution >= 4 is 33.3 Å². The zero-order valence-corrected chi connectivity index (χ0v) is 16.7. The van der Waals surface area contributed by atoms with Crippen molar-refractivity contribution in [2.75, 3.05) is 36.0 Å². The minimum absolute atomic E-state index is 0.225. The van der Waals surface area contributed by atoms with Crippen LogP contribution in [0.3, 0.4) is 0 Å². The molecule has 0 N–H and O–H groups in total. The normalized spacial score (nSPS) is 14.7. The smallest absolute Gasteiger partial charge is 0.208 e. The van der Waals surface area contributed by atoms with E-state index in [1.807, 2.05) is 13.2 Å². The Morgan fingerprint density at radius 1 is 1.00 bits per heavy atom. The molecule has 1 aromatic carbocycles. The van der Waals surface area contributed by atoms with Gasteiger partial charge < -0.3 is 9.80 Å². The van der Waals surface area contributed by atoms with Crippen LogP contribution < -0.4 is 9.80 Å². The number of aromatic nitrogens is 6. The van der Waals surface area contributed by atoms with E-state index in [2.05, 4.69) is 35.1 Å². The van der Waals surface area contributed by atoms with Gasteiger partial charge in [0.1, 0.15) is 23.0 Å². The zero-order chi connectivity index (χ0) is 19.8. The summed E-state index contributed by atoms with van der Waals surface area (Å²) in [5, 5.41) is 15.8. The predicted molar refractivity (Wildman–Crippen MR) is 110 cm³/mol. The third-order valence-electron chi connectivity index (χ3n) is 5.08. The van der Waals surface area contributed by atoms with Crippen molar-refractivity contribution in [3.63, 3.8) is 0 Å². The molecule has 4 heterocycles. The molecule has 148 valence electrons. The minimum atomic E-state index is -0.225. The highest BCUT2D eigenvalue weighted by Crippen LogP contribution is 2.27. The zero-order valence-electron chi connectivity index (χ0n) is 15.9. The molecule has 1 saturated heterocycles. The molecule has 29 heavy (non-hydrogen) atoms. The van der Waals surface area contributed by atoms with Gasteiger partial charge in [0, 0.05) is 39.6 Å². The number of anilines is 2. The highest BCUT2D eigenvalue weighted by molar-refractivity contribution is 7.15. The second-order valence-corrected chi connectivity index (χ2v) is 8.00. The molecule has 1 aliphatic heterocycles. The van der Waals surface area contributed by atoms with Gasteiger partial charge in [-0.05, 0) is 17.7 Å². The van der Waals surface area contributed by atoms with Crippen molar-refractivity contribution in [2.45, 2.75) is 6.42 Å². The Hall–Kier alpha value is -3.14. The summed E-state index contributed by atoms with van der Waals surface area (Å²) >= 11 is 1.59. The Kier molecular flexibility index (Phi) is 4.55. The fourth-order valence-corrected chi connectivity index (χ4v) is 4.46. The van der Waals surface area contributed by atoms with E-state index >= 15 is 0 Å². The number of hydrogen-bond donors (Lipinski definition) is 0. The van der Waals surface area contributed by atoms with Crippen LogP contribution in [0, 0.1) is 5.82 Å². The fourth-order valence-electron chi connectivity index (χ4n) is 3.53. The molecule has 5 rings (SSSR count). The molecule has 0 unspecified atom stereocenters. The monoisotopic (exact) mass is 410 g/mol. The highest BCUT2D eigenvalue weighted by Gasteiger charge is 2.23. The number of rotatable bonds is 4. The van der Waals surface area contributed by atoms with E-state index in [0.717, 1.165) is 58.7 Å². The van der Waals surface area contributed by atoms with Gasteiger partial charge >= 0.3 is 0 Å². The Balaban J connectivity index is 1.26. The molecule has 1 aliphatic rings. The summed E-state index contributed by atoms with van der Waals surface area (Å²) in [5.41, 5.74) is 1.87. The summed E-state index contributed by atoms with van der Waals surface area (Å²) < 4.78 is 14.8. The molecule has 0 saturated carbocycles. The molecule has 10 heteroatoms. The van der Waals surface area contributed by atoms with Crippen molar-refractivity contribution in [1.29, 1.82) is 0 Å². The van der Waals surface area contributed by atoms with Crippen molar-refractivity contribution in [1.82, 2.24) is 29.9 Å². The number of hydrogen-bond acceptors (Lipinski definition) is 8.